The topological polar surface area (TPSA) is 26.3 Å². The fraction of sp³-hybridized carbons (Fsp3) is 0.588. The van der Waals surface area contributed by atoms with E-state index in [2.05, 4.69) is 22.9 Å². The molecule has 0 saturated carbocycles. The van der Waals surface area contributed by atoms with Gasteiger partial charge in [0.25, 0.3) is 0 Å². The molecule has 0 aliphatic carbocycles. The first kappa shape index (κ1) is 17.2. The zero-order chi connectivity index (χ0) is 14.8. The fourth-order valence-electron chi connectivity index (χ4n) is 2.13. The number of benzene rings is 1. The van der Waals surface area contributed by atoms with Crippen molar-refractivity contribution in [2.24, 2.45) is 0 Å². The smallest absolute Gasteiger partial charge is 0.324 e. The molecule has 0 bridgehead atoms. The van der Waals surface area contributed by atoms with Gasteiger partial charge in [0.2, 0.25) is 0 Å². The van der Waals surface area contributed by atoms with Crippen LogP contribution in [0, 0.1) is 6.92 Å². The van der Waals surface area contributed by atoms with Crippen LogP contribution in [0.25, 0.3) is 0 Å². The Balaban J connectivity index is 2.24. The van der Waals surface area contributed by atoms with Crippen LogP contribution >= 0.6 is 15.9 Å². The van der Waals surface area contributed by atoms with Gasteiger partial charge in [0, 0.05) is 0 Å². The SMILES string of the molecule is CCCCCCCCOC(=O)[C@@H](Br)c1ccccc1C. The minimum atomic E-state index is -0.358. The van der Waals surface area contributed by atoms with E-state index < -0.39 is 0 Å². The van der Waals surface area contributed by atoms with E-state index in [0.29, 0.717) is 6.61 Å². The molecule has 0 heterocycles. The van der Waals surface area contributed by atoms with E-state index in [4.69, 9.17) is 4.74 Å². The van der Waals surface area contributed by atoms with E-state index >= 15 is 0 Å². The molecule has 1 aromatic rings. The standard InChI is InChI=1S/C17H25BrO2/c1-3-4-5-6-7-10-13-20-17(19)16(18)15-12-9-8-11-14(15)2/h8-9,11-12,16H,3-7,10,13H2,1-2H3/t16-/m0/s1. The van der Waals surface area contributed by atoms with Crippen molar-refractivity contribution in [2.75, 3.05) is 6.61 Å². The lowest BCUT2D eigenvalue weighted by atomic mass is 10.1. The van der Waals surface area contributed by atoms with Crippen LogP contribution in [0.4, 0.5) is 0 Å². The van der Waals surface area contributed by atoms with Crippen molar-refractivity contribution in [2.45, 2.75) is 57.2 Å². The highest BCUT2D eigenvalue weighted by Crippen LogP contribution is 2.26. The van der Waals surface area contributed by atoms with Crippen LogP contribution < -0.4 is 0 Å². The summed E-state index contributed by atoms with van der Waals surface area (Å²) in [5.74, 6) is -0.187. The third-order valence-electron chi connectivity index (χ3n) is 3.41. The molecule has 1 aromatic carbocycles. The lowest BCUT2D eigenvalue weighted by molar-refractivity contribution is -0.143. The number of hydrogen-bond acceptors (Lipinski definition) is 2. The van der Waals surface area contributed by atoms with Crippen molar-refractivity contribution in [3.63, 3.8) is 0 Å². The quantitative estimate of drug-likeness (QED) is 0.344. The Bertz CT molecular complexity index is 404. The van der Waals surface area contributed by atoms with Gasteiger partial charge in [-0.05, 0) is 24.5 Å². The molecule has 0 aromatic heterocycles. The minimum Gasteiger partial charge on any atom is -0.465 e. The summed E-state index contributed by atoms with van der Waals surface area (Å²) >= 11 is 3.43. The lowest BCUT2D eigenvalue weighted by Crippen LogP contribution is -2.12. The lowest BCUT2D eigenvalue weighted by Gasteiger charge is -2.12. The van der Waals surface area contributed by atoms with Gasteiger partial charge >= 0.3 is 5.97 Å². The second-order valence-corrected chi connectivity index (χ2v) is 6.07. The zero-order valence-electron chi connectivity index (χ0n) is 12.5. The van der Waals surface area contributed by atoms with Crippen LogP contribution in [0.2, 0.25) is 0 Å². The van der Waals surface area contributed by atoms with Gasteiger partial charge < -0.3 is 4.74 Å². The molecule has 0 amide bonds. The number of esters is 1. The first-order valence-corrected chi connectivity index (χ1v) is 8.44. The van der Waals surface area contributed by atoms with Gasteiger partial charge in [-0.15, -0.1) is 0 Å². The van der Waals surface area contributed by atoms with Crippen LogP contribution in [-0.2, 0) is 9.53 Å². The first-order chi connectivity index (χ1) is 9.66. The summed E-state index contributed by atoms with van der Waals surface area (Å²) in [7, 11) is 0. The average Bonchev–Trinajstić information content (AvgIpc) is 2.46. The van der Waals surface area contributed by atoms with Gasteiger partial charge in [0.05, 0.1) is 6.61 Å². The van der Waals surface area contributed by atoms with Gasteiger partial charge in [-0.25, -0.2) is 0 Å². The van der Waals surface area contributed by atoms with Crippen molar-refractivity contribution < 1.29 is 9.53 Å². The van der Waals surface area contributed by atoms with E-state index in [0.717, 1.165) is 24.0 Å². The fourth-order valence-corrected chi connectivity index (χ4v) is 2.77. The number of unbranched alkanes of at least 4 members (excludes halogenated alkanes) is 5. The molecule has 2 nitrogen and oxygen atoms in total. The molecule has 1 atom stereocenters. The zero-order valence-corrected chi connectivity index (χ0v) is 14.1. The van der Waals surface area contributed by atoms with Crippen LogP contribution in [0.1, 0.15) is 61.4 Å². The van der Waals surface area contributed by atoms with E-state index in [-0.39, 0.29) is 10.8 Å². The summed E-state index contributed by atoms with van der Waals surface area (Å²) in [5, 5.41) is 0. The molecule has 0 radical (unpaired) electrons. The predicted molar refractivity (Wildman–Crippen MR) is 87.2 cm³/mol. The third kappa shape index (κ3) is 6.08. The molecule has 1 rings (SSSR count). The van der Waals surface area contributed by atoms with Crippen molar-refractivity contribution in [1.29, 1.82) is 0 Å². The molecule has 0 saturated heterocycles. The summed E-state index contributed by atoms with van der Waals surface area (Å²) in [5.41, 5.74) is 2.09. The second-order valence-electron chi connectivity index (χ2n) is 5.15. The number of alkyl halides is 1. The number of hydrogen-bond donors (Lipinski definition) is 0. The summed E-state index contributed by atoms with van der Waals surface area (Å²) in [6.45, 7) is 4.74. The van der Waals surface area contributed by atoms with Crippen LogP contribution in [0.5, 0.6) is 0 Å². The van der Waals surface area contributed by atoms with Gasteiger partial charge in [-0.2, -0.15) is 0 Å². The monoisotopic (exact) mass is 340 g/mol. The van der Waals surface area contributed by atoms with Gasteiger partial charge in [0.15, 0.2) is 0 Å². The molecule has 3 heteroatoms. The van der Waals surface area contributed by atoms with Gasteiger partial charge in [-0.1, -0.05) is 79.2 Å². The summed E-state index contributed by atoms with van der Waals surface area (Å²) in [6, 6.07) is 7.88. The normalized spacial score (nSPS) is 12.2. The number of rotatable bonds is 9. The largest absolute Gasteiger partial charge is 0.465 e. The highest BCUT2D eigenvalue weighted by atomic mass is 79.9. The average molecular weight is 341 g/mol. The van der Waals surface area contributed by atoms with E-state index in [1.807, 2.05) is 31.2 Å². The Labute approximate surface area is 131 Å². The Kier molecular flexibility index (Phi) is 8.59. The van der Waals surface area contributed by atoms with Crippen molar-refractivity contribution in [1.82, 2.24) is 0 Å². The summed E-state index contributed by atoms with van der Waals surface area (Å²) < 4.78 is 5.33. The molecule has 0 spiro atoms. The molecule has 0 aliphatic rings. The van der Waals surface area contributed by atoms with Gasteiger partial charge in [0.1, 0.15) is 4.83 Å². The van der Waals surface area contributed by atoms with Crippen molar-refractivity contribution in [3.8, 4) is 0 Å². The van der Waals surface area contributed by atoms with E-state index in [1.54, 1.807) is 0 Å². The van der Waals surface area contributed by atoms with E-state index in [1.165, 1.54) is 25.7 Å². The number of ether oxygens (including phenoxy) is 1. The van der Waals surface area contributed by atoms with Gasteiger partial charge in [-0.3, -0.25) is 4.79 Å². The number of halogens is 1. The second kappa shape index (κ2) is 9.98. The molecule has 0 unspecified atom stereocenters. The third-order valence-corrected chi connectivity index (χ3v) is 4.28. The highest BCUT2D eigenvalue weighted by molar-refractivity contribution is 9.09. The minimum absolute atomic E-state index is 0.187. The maximum Gasteiger partial charge on any atom is 0.324 e. The molecule has 112 valence electrons. The van der Waals surface area contributed by atoms with Crippen LogP contribution in [0.15, 0.2) is 24.3 Å². The summed E-state index contributed by atoms with van der Waals surface area (Å²) in [6.07, 6.45) is 7.19. The molecule has 0 aliphatic heterocycles. The van der Waals surface area contributed by atoms with E-state index in [9.17, 15) is 4.79 Å². The van der Waals surface area contributed by atoms with Crippen molar-refractivity contribution >= 4 is 21.9 Å². The Morgan fingerprint density at radius 2 is 1.80 bits per heavy atom. The molecular weight excluding hydrogens is 316 g/mol. The van der Waals surface area contributed by atoms with Crippen LogP contribution in [0.3, 0.4) is 0 Å². The Morgan fingerprint density at radius 1 is 1.15 bits per heavy atom. The Hall–Kier alpha value is -0.830. The maximum absolute atomic E-state index is 12.0. The number of aryl methyl sites for hydroxylation is 1. The summed E-state index contributed by atoms with van der Waals surface area (Å²) in [4.78, 5) is 11.6. The highest BCUT2D eigenvalue weighted by Gasteiger charge is 2.19. The molecule has 0 N–H and O–H groups in total. The maximum atomic E-state index is 12.0. The Morgan fingerprint density at radius 3 is 2.50 bits per heavy atom. The number of carbonyl (C=O) groups excluding carboxylic acids is 1. The molecule has 0 fully saturated rings. The molecular formula is C17H25BrO2. The first-order valence-electron chi connectivity index (χ1n) is 7.53. The molecule has 20 heavy (non-hydrogen) atoms. The number of carbonyl (C=O) groups is 1. The predicted octanol–water partition coefficient (Wildman–Crippen LogP) is 5.33. The van der Waals surface area contributed by atoms with Crippen LogP contribution in [-0.4, -0.2) is 12.6 Å². The van der Waals surface area contributed by atoms with Crippen molar-refractivity contribution in [3.05, 3.63) is 35.4 Å².